The lowest BCUT2D eigenvalue weighted by molar-refractivity contribution is -0.139. The molecule has 0 saturated carbocycles. The van der Waals surface area contributed by atoms with Crippen LogP contribution in [0, 0.1) is 0 Å². The molecule has 1 aromatic rings. The number of carboxylic acid groups (broad SMARTS) is 1. The van der Waals surface area contributed by atoms with Gasteiger partial charge in [-0.05, 0) is 18.4 Å². The first-order valence-corrected chi connectivity index (χ1v) is 16.0. The van der Waals surface area contributed by atoms with Gasteiger partial charge in [0.15, 0.2) is 0 Å². The summed E-state index contributed by atoms with van der Waals surface area (Å²) in [6, 6.07) is 7.67. The van der Waals surface area contributed by atoms with E-state index in [1.54, 1.807) is 30.3 Å². The molecule has 50 heavy (non-hydrogen) atoms. The quantitative estimate of drug-likeness (QED) is 0.0420. The third kappa shape index (κ3) is 17.0. The smallest absolute Gasteiger partial charge is 0.317 e. The molecule has 0 radical (unpaired) electrons. The second-order valence-corrected chi connectivity index (χ2v) is 11.3. The van der Waals surface area contributed by atoms with E-state index in [1.807, 2.05) is 0 Å². The van der Waals surface area contributed by atoms with Crippen LogP contribution in [0.15, 0.2) is 42.5 Å². The van der Waals surface area contributed by atoms with Crippen LogP contribution < -0.4 is 32.3 Å². The van der Waals surface area contributed by atoms with Crippen LogP contribution in [-0.4, -0.2) is 127 Å². The Morgan fingerprint density at radius 2 is 1.36 bits per heavy atom. The number of nitrogens with one attached hydrogen (secondary N) is 5. The number of benzene rings is 1. The molecular formula is C32H44N8O10. The molecule has 272 valence electrons. The number of amides is 8. The second-order valence-electron chi connectivity index (χ2n) is 11.3. The molecule has 1 heterocycles. The molecule has 18 heteroatoms. The normalized spacial score (nSPS) is 12.7. The summed E-state index contributed by atoms with van der Waals surface area (Å²) in [5, 5.41) is 21.4. The minimum absolute atomic E-state index is 0.0361. The van der Waals surface area contributed by atoms with E-state index in [9.17, 15) is 43.2 Å². The van der Waals surface area contributed by atoms with Gasteiger partial charge in [0.25, 0.3) is 11.8 Å². The molecule has 0 aliphatic carbocycles. The number of carbonyl (C=O) groups excluding carboxylic acids is 8. The maximum absolute atomic E-state index is 13.0. The molecule has 8 amide bonds. The molecule has 0 aromatic heterocycles. The van der Waals surface area contributed by atoms with Crippen molar-refractivity contribution in [3.05, 3.63) is 48.0 Å². The summed E-state index contributed by atoms with van der Waals surface area (Å²) >= 11 is 0. The minimum atomic E-state index is -1.11. The Morgan fingerprint density at radius 1 is 0.740 bits per heavy atom. The first-order chi connectivity index (χ1) is 23.8. The largest absolute Gasteiger partial charge is 0.480 e. The number of carboxylic acids is 1. The van der Waals surface area contributed by atoms with Crippen molar-refractivity contribution in [2.45, 2.75) is 44.6 Å². The fourth-order valence-corrected chi connectivity index (χ4v) is 4.63. The number of imide groups is 1. The highest BCUT2D eigenvalue weighted by Gasteiger charge is 2.23. The molecule has 0 saturated heterocycles. The summed E-state index contributed by atoms with van der Waals surface area (Å²) in [5.74, 6) is -5.38. The lowest BCUT2D eigenvalue weighted by Crippen LogP contribution is -2.52. The fraction of sp³-hybridized carbons (Fsp3) is 0.469. The molecule has 0 bridgehead atoms. The molecule has 0 fully saturated rings. The second kappa shape index (κ2) is 22.1. The molecule has 1 aromatic carbocycles. The average Bonchev–Trinajstić information content (AvgIpc) is 3.39. The zero-order valence-electron chi connectivity index (χ0n) is 27.6. The number of hydrogen-bond donors (Lipinski definition) is 7. The van der Waals surface area contributed by atoms with Gasteiger partial charge in [0.1, 0.15) is 6.04 Å². The number of aliphatic carboxylic acids is 1. The van der Waals surface area contributed by atoms with E-state index in [1.165, 1.54) is 17.1 Å². The Kier molecular flexibility index (Phi) is 17.9. The molecular weight excluding hydrogens is 656 g/mol. The number of carbonyl (C=O) groups is 9. The van der Waals surface area contributed by atoms with Gasteiger partial charge in [0.2, 0.25) is 35.4 Å². The van der Waals surface area contributed by atoms with Crippen molar-refractivity contribution in [2.24, 2.45) is 5.73 Å². The van der Waals surface area contributed by atoms with Crippen LogP contribution >= 0.6 is 0 Å². The van der Waals surface area contributed by atoms with Crippen LogP contribution in [0.5, 0.6) is 0 Å². The summed E-state index contributed by atoms with van der Waals surface area (Å²) in [4.78, 5) is 110. The maximum atomic E-state index is 13.0. The van der Waals surface area contributed by atoms with Crippen LogP contribution in [0.25, 0.3) is 0 Å². The van der Waals surface area contributed by atoms with Crippen molar-refractivity contribution < 1.29 is 48.3 Å². The lowest BCUT2D eigenvalue weighted by atomic mass is 10.1. The number of primary amides is 1. The first kappa shape index (κ1) is 40.5. The van der Waals surface area contributed by atoms with Crippen LogP contribution in [-0.2, 0) is 49.6 Å². The molecule has 0 spiro atoms. The summed E-state index contributed by atoms with van der Waals surface area (Å²) in [6.45, 7) is -1.15. The Morgan fingerprint density at radius 3 is 2.02 bits per heavy atom. The third-order valence-electron chi connectivity index (χ3n) is 7.22. The highest BCUT2D eigenvalue weighted by atomic mass is 16.4. The average molecular weight is 701 g/mol. The van der Waals surface area contributed by atoms with Gasteiger partial charge in [0.05, 0.1) is 26.2 Å². The molecule has 18 nitrogen and oxygen atoms in total. The van der Waals surface area contributed by atoms with Gasteiger partial charge in [0, 0.05) is 57.6 Å². The van der Waals surface area contributed by atoms with Crippen molar-refractivity contribution in [2.75, 3.05) is 52.4 Å². The number of unbranched alkanes of at least 4 members (excludes halogenated alkanes) is 2. The van der Waals surface area contributed by atoms with Crippen LogP contribution in [0.2, 0.25) is 0 Å². The Labute approximate surface area is 288 Å². The maximum Gasteiger partial charge on any atom is 0.317 e. The minimum Gasteiger partial charge on any atom is -0.480 e. The number of nitrogens with zero attached hydrogens (tertiary/aromatic N) is 2. The standard InChI is InChI=1S/C32H44N8O10/c33-24(41)12-15-39(21-31(48)49)16-13-34-26(43)19-37-32(50)23(17-22-7-3-1-4-8-22)38-28(45)20-36-27(44)18-35-25(42)9-5-2-6-14-40-29(46)10-11-30(40)47/h1,3-4,7-8,10-11,23H,2,5-6,9,12-21H2,(H2,33,41)(H,34,43)(H,35,42)(H,36,44)(H,37,50)(H,38,45)(H,48,49). The molecule has 1 aliphatic rings. The topological polar surface area (TPSA) is 267 Å². The predicted molar refractivity (Wildman–Crippen MR) is 176 cm³/mol. The Bertz CT molecular complexity index is 1400. The number of rotatable bonds is 24. The van der Waals surface area contributed by atoms with Crippen molar-refractivity contribution in [1.29, 1.82) is 0 Å². The lowest BCUT2D eigenvalue weighted by Gasteiger charge is -2.20. The Hall–Kier alpha value is -5.65. The molecule has 8 N–H and O–H groups in total. The van der Waals surface area contributed by atoms with Crippen LogP contribution in [0.1, 0.15) is 37.7 Å². The van der Waals surface area contributed by atoms with Gasteiger partial charge in [-0.2, -0.15) is 0 Å². The predicted octanol–water partition coefficient (Wildman–Crippen LogP) is -3.07. The highest BCUT2D eigenvalue weighted by molar-refractivity contribution is 6.12. The van der Waals surface area contributed by atoms with Crippen LogP contribution in [0.3, 0.4) is 0 Å². The van der Waals surface area contributed by atoms with Gasteiger partial charge in [-0.25, -0.2) is 0 Å². The summed E-state index contributed by atoms with van der Waals surface area (Å²) in [6.07, 6.45) is 4.18. The van der Waals surface area contributed by atoms with E-state index in [4.69, 9.17) is 10.8 Å². The molecule has 1 atom stereocenters. The summed E-state index contributed by atoms with van der Waals surface area (Å²) in [7, 11) is 0. The van der Waals surface area contributed by atoms with E-state index in [0.29, 0.717) is 24.8 Å². The van der Waals surface area contributed by atoms with Gasteiger partial charge in [-0.3, -0.25) is 53.0 Å². The molecule has 1 unspecified atom stereocenters. The fourth-order valence-electron chi connectivity index (χ4n) is 4.63. The van der Waals surface area contributed by atoms with Gasteiger partial charge >= 0.3 is 5.97 Å². The summed E-state index contributed by atoms with van der Waals surface area (Å²) < 4.78 is 0. The van der Waals surface area contributed by atoms with Gasteiger partial charge in [-0.1, -0.05) is 36.8 Å². The number of nitrogens with two attached hydrogens (primary N) is 1. The van der Waals surface area contributed by atoms with E-state index in [-0.39, 0.29) is 76.3 Å². The molecule has 1 aliphatic heterocycles. The third-order valence-corrected chi connectivity index (χ3v) is 7.22. The van der Waals surface area contributed by atoms with Crippen molar-refractivity contribution in [3.8, 4) is 0 Å². The van der Waals surface area contributed by atoms with E-state index in [0.717, 1.165) is 4.90 Å². The Balaban J connectivity index is 1.73. The van der Waals surface area contributed by atoms with Crippen LogP contribution in [0.4, 0.5) is 0 Å². The van der Waals surface area contributed by atoms with Crippen molar-refractivity contribution in [3.63, 3.8) is 0 Å². The zero-order chi connectivity index (χ0) is 36.9. The van der Waals surface area contributed by atoms with Gasteiger partial charge in [-0.15, -0.1) is 0 Å². The highest BCUT2D eigenvalue weighted by Crippen LogP contribution is 2.08. The monoisotopic (exact) mass is 700 g/mol. The van der Waals surface area contributed by atoms with Crippen molar-refractivity contribution in [1.82, 2.24) is 36.4 Å². The van der Waals surface area contributed by atoms with E-state index in [2.05, 4.69) is 26.6 Å². The number of hydrogen-bond acceptors (Lipinski definition) is 10. The zero-order valence-corrected chi connectivity index (χ0v) is 27.6. The molecule has 2 rings (SSSR count). The van der Waals surface area contributed by atoms with Gasteiger partial charge < -0.3 is 37.4 Å². The van der Waals surface area contributed by atoms with Crippen molar-refractivity contribution >= 4 is 53.2 Å². The van der Waals surface area contributed by atoms with E-state index >= 15 is 0 Å². The van der Waals surface area contributed by atoms with E-state index < -0.39 is 54.6 Å². The first-order valence-electron chi connectivity index (χ1n) is 16.0. The summed E-state index contributed by atoms with van der Waals surface area (Å²) in [5.41, 5.74) is 5.83. The SMILES string of the molecule is NC(=O)CCN(CCNC(=O)CNC(=O)C(Cc1ccccc1)NC(=O)CNC(=O)CNC(=O)CCCCCN1C(=O)C=CC1=O)CC(=O)O.